The predicted octanol–water partition coefficient (Wildman–Crippen LogP) is 5.55. The number of fused-ring (bicyclic) bond motifs is 1. The molecule has 0 saturated heterocycles. The van der Waals surface area contributed by atoms with Crippen LogP contribution in [0, 0.1) is 0 Å². The van der Waals surface area contributed by atoms with Crippen LogP contribution in [-0.2, 0) is 0 Å². The van der Waals surface area contributed by atoms with Crippen LogP contribution in [0.25, 0.3) is 11.0 Å². The van der Waals surface area contributed by atoms with E-state index in [4.69, 9.17) is 0 Å². The number of nitrogens with zero attached hydrogens (tertiary/aromatic N) is 3. The van der Waals surface area contributed by atoms with Gasteiger partial charge in [0.1, 0.15) is 5.52 Å². The number of hydrogen-bond acceptors (Lipinski definition) is 3. The summed E-state index contributed by atoms with van der Waals surface area (Å²) in [5, 5.41) is 8.00. The van der Waals surface area contributed by atoms with E-state index in [2.05, 4.69) is 29.4 Å². The Balaban J connectivity index is 1.57. The van der Waals surface area contributed by atoms with E-state index in [1.165, 1.54) is 43.2 Å². The molecule has 0 N–H and O–H groups in total. The maximum Gasteiger partial charge on any atom is 0.248 e. The van der Waals surface area contributed by atoms with Crippen molar-refractivity contribution in [2.75, 3.05) is 0 Å². The molecule has 0 aliphatic carbocycles. The Hall–Kier alpha value is -1.97. The van der Waals surface area contributed by atoms with Crippen LogP contribution in [0.3, 0.4) is 0 Å². The molecule has 2 aromatic rings. The molecule has 4 heteroatoms. The van der Waals surface area contributed by atoms with Crippen molar-refractivity contribution in [1.29, 1.82) is 0 Å². The number of carbonyl (C=O) groups excluding carboxylic acids is 1. The molecule has 0 spiro atoms. The van der Waals surface area contributed by atoms with Gasteiger partial charge < -0.3 is 0 Å². The lowest BCUT2D eigenvalue weighted by molar-refractivity contribution is 0.0886. The van der Waals surface area contributed by atoms with Gasteiger partial charge in [0.05, 0.1) is 5.52 Å². The maximum atomic E-state index is 12.2. The standard InChI is InChI=1S/C20H29N3O/c1-2-3-4-5-6-7-8-9-10-11-12-17-20(24)23-19-16-14-13-15-18(19)21-22-23/h6-7,13-16H,2-5,8-12,17H2,1H3/b7-6+. The third kappa shape index (κ3) is 5.91. The van der Waals surface area contributed by atoms with E-state index in [9.17, 15) is 4.79 Å². The Labute approximate surface area is 144 Å². The minimum absolute atomic E-state index is 0.0412. The van der Waals surface area contributed by atoms with Gasteiger partial charge >= 0.3 is 0 Å². The smallest absolute Gasteiger partial charge is 0.248 e. The van der Waals surface area contributed by atoms with E-state index in [0.29, 0.717) is 6.42 Å². The third-order valence-electron chi connectivity index (χ3n) is 4.24. The van der Waals surface area contributed by atoms with Crippen LogP contribution in [0.2, 0.25) is 0 Å². The van der Waals surface area contributed by atoms with Gasteiger partial charge in [-0.05, 0) is 44.2 Å². The molecule has 0 bridgehead atoms. The summed E-state index contributed by atoms with van der Waals surface area (Å²) in [7, 11) is 0. The van der Waals surface area contributed by atoms with Gasteiger partial charge in [-0.2, -0.15) is 4.68 Å². The largest absolute Gasteiger partial charge is 0.273 e. The first-order chi connectivity index (χ1) is 11.8. The monoisotopic (exact) mass is 327 g/mol. The van der Waals surface area contributed by atoms with Gasteiger partial charge in [-0.25, -0.2) is 0 Å². The van der Waals surface area contributed by atoms with Crippen LogP contribution in [0.15, 0.2) is 36.4 Å². The highest BCUT2D eigenvalue weighted by Crippen LogP contribution is 2.12. The molecule has 0 radical (unpaired) electrons. The van der Waals surface area contributed by atoms with Crippen molar-refractivity contribution >= 4 is 16.9 Å². The van der Waals surface area contributed by atoms with E-state index in [0.717, 1.165) is 30.3 Å². The van der Waals surface area contributed by atoms with Crippen molar-refractivity contribution in [3.8, 4) is 0 Å². The highest BCUT2D eigenvalue weighted by Gasteiger charge is 2.10. The van der Waals surface area contributed by atoms with Crippen molar-refractivity contribution in [3.05, 3.63) is 36.4 Å². The summed E-state index contributed by atoms with van der Waals surface area (Å²) in [6, 6.07) is 7.58. The number of para-hydroxylation sites is 1. The van der Waals surface area contributed by atoms with Crippen molar-refractivity contribution < 1.29 is 4.79 Å². The Morgan fingerprint density at radius 1 is 1.00 bits per heavy atom. The van der Waals surface area contributed by atoms with E-state index in [-0.39, 0.29) is 5.91 Å². The Bertz CT molecular complexity index is 645. The zero-order valence-electron chi connectivity index (χ0n) is 14.8. The second-order valence-corrected chi connectivity index (χ2v) is 6.30. The first kappa shape index (κ1) is 18.4. The Kier molecular flexibility index (Phi) is 8.22. The lowest BCUT2D eigenvalue weighted by atomic mass is 10.1. The second-order valence-electron chi connectivity index (χ2n) is 6.30. The highest BCUT2D eigenvalue weighted by molar-refractivity contribution is 5.88. The summed E-state index contributed by atoms with van der Waals surface area (Å²) in [6.45, 7) is 2.24. The zero-order chi connectivity index (χ0) is 17.0. The number of hydrogen-bond donors (Lipinski definition) is 0. The molecule has 0 fully saturated rings. The molecule has 0 unspecified atom stereocenters. The Morgan fingerprint density at radius 2 is 1.71 bits per heavy atom. The van der Waals surface area contributed by atoms with E-state index in [1.54, 1.807) is 0 Å². The van der Waals surface area contributed by atoms with Crippen molar-refractivity contribution in [2.45, 2.75) is 71.1 Å². The lowest BCUT2D eigenvalue weighted by Gasteiger charge is -2.01. The van der Waals surface area contributed by atoms with Crippen LogP contribution in [0.5, 0.6) is 0 Å². The maximum absolute atomic E-state index is 12.2. The van der Waals surface area contributed by atoms with Gasteiger partial charge in [-0.3, -0.25) is 4.79 Å². The van der Waals surface area contributed by atoms with Crippen LogP contribution in [0.4, 0.5) is 0 Å². The number of carbonyl (C=O) groups is 1. The summed E-state index contributed by atoms with van der Waals surface area (Å²) in [5.41, 5.74) is 1.58. The fourth-order valence-electron chi connectivity index (χ4n) is 2.80. The number of aromatic nitrogens is 3. The molecule has 0 amide bonds. The molecule has 0 atom stereocenters. The highest BCUT2D eigenvalue weighted by atomic mass is 16.2. The van der Waals surface area contributed by atoms with Gasteiger partial charge in [0, 0.05) is 6.42 Å². The number of rotatable bonds is 11. The van der Waals surface area contributed by atoms with Crippen LogP contribution < -0.4 is 0 Å². The van der Waals surface area contributed by atoms with Crippen molar-refractivity contribution in [1.82, 2.24) is 15.0 Å². The zero-order valence-corrected chi connectivity index (χ0v) is 14.8. The average Bonchev–Trinajstić information content (AvgIpc) is 3.03. The van der Waals surface area contributed by atoms with Crippen LogP contribution in [0.1, 0.15) is 75.9 Å². The molecule has 0 aliphatic rings. The second kappa shape index (κ2) is 10.7. The molecule has 24 heavy (non-hydrogen) atoms. The predicted molar refractivity (Wildman–Crippen MR) is 99.1 cm³/mol. The minimum atomic E-state index is 0.0412. The molecule has 1 aromatic carbocycles. The van der Waals surface area contributed by atoms with Gasteiger partial charge in [0.2, 0.25) is 5.91 Å². The molecule has 130 valence electrons. The number of allylic oxidation sites excluding steroid dienone is 2. The minimum Gasteiger partial charge on any atom is -0.273 e. The van der Waals surface area contributed by atoms with Crippen molar-refractivity contribution in [3.63, 3.8) is 0 Å². The van der Waals surface area contributed by atoms with E-state index < -0.39 is 0 Å². The van der Waals surface area contributed by atoms with Crippen LogP contribution >= 0.6 is 0 Å². The number of unbranched alkanes of at least 4 members (excludes halogenated alkanes) is 7. The third-order valence-corrected chi connectivity index (χ3v) is 4.24. The van der Waals surface area contributed by atoms with Crippen LogP contribution in [-0.4, -0.2) is 20.9 Å². The Morgan fingerprint density at radius 3 is 2.50 bits per heavy atom. The molecule has 0 saturated carbocycles. The molecule has 1 aromatic heterocycles. The van der Waals surface area contributed by atoms with Crippen molar-refractivity contribution in [2.24, 2.45) is 0 Å². The van der Waals surface area contributed by atoms with Gasteiger partial charge in [-0.15, -0.1) is 5.10 Å². The topological polar surface area (TPSA) is 47.8 Å². The average molecular weight is 327 g/mol. The first-order valence-electron chi connectivity index (χ1n) is 9.31. The molecule has 1 heterocycles. The first-order valence-corrected chi connectivity index (χ1v) is 9.31. The fourth-order valence-corrected chi connectivity index (χ4v) is 2.80. The SMILES string of the molecule is CCCCC/C=C/CCCCCCC(=O)n1nnc2ccccc21. The fraction of sp³-hybridized carbons (Fsp3) is 0.550. The molecule has 4 nitrogen and oxygen atoms in total. The van der Waals surface area contributed by atoms with Gasteiger partial charge in [0.25, 0.3) is 0 Å². The lowest BCUT2D eigenvalue weighted by Crippen LogP contribution is -2.12. The summed E-state index contributed by atoms with van der Waals surface area (Å²) in [5.74, 6) is 0.0412. The number of benzene rings is 1. The molecular weight excluding hydrogens is 298 g/mol. The summed E-state index contributed by atoms with van der Waals surface area (Å²) >= 11 is 0. The summed E-state index contributed by atoms with van der Waals surface area (Å²) in [6.07, 6.45) is 15.9. The molecule has 0 aliphatic heterocycles. The molecular formula is C20H29N3O. The summed E-state index contributed by atoms with van der Waals surface area (Å²) in [4.78, 5) is 12.2. The van der Waals surface area contributed by atoms with Gasteiger partial charge in [0.15, 0.2) is 0 Å². The van der Waals surface area contributed by atoms with Gasteiger partial charge in [-0.1, -0.05) is 62.1 Å². The normalized spacial score (nSPS) is 11.5. The quantitative estimate of drug-likeness (QED) is 0.401. The van der Waals surface area contributed by atoms with E-state index in [1.807, 2.05) is 24.3 Å². The molecule has 2 rings (SSSR count). The summed E-state index contributed by atoms with van der Waals surface area (Å²) < 4.78 is 1.44. The van der Waals surface area contributed by atoms with E-state index >= 15 is 0 Å².